The van der Waals surface area contributed by atoms with Gasteiger partial charge in [-0.15, -0.1) is 0 Å². The molecule has 0 bridgehead atoms. The van der Waals surface area contributed by atoms with Gasteiger partial charge in [0.15, 0.2) is 0 Å². The number of nitrogens with one attached hydrogen (secondary N) is 2. The molecule has 9 heteroatoms. The van der Waals surface area contributed by atoms with Crippen LogP contribution >= 0.6 is 0 Å². The van der Waals surface area contributed by atoms with Crippen LogP contribution in [0.4, 0.5) is 13.2 Å². The summed E-state index contributed by atoms with van der Waals surface area (Å²) in [5.74, 6) is -0.216. The predicted molar refractivity (Wildman–Crippen MR) is 152 cm³/mol. The van der Waals surface area contributed by atoms with Crippen LogP contribution in [0, 0.1) is 5.41 Å². The minimum absolute atomic E-state index is 0.100. The van der Waals surface area contributed by atoms with Crippen molar-refractivity contribution < 1.29 is 23.1 Å². The van der Waals surface area contributed by atoms with Gasteiger partial charge in [-0.2, -0.15) is 13.2 Å². The molecule has 6 nitrogen and oxygen atoms in total. The number of carboxylic acids is 1. The zero-order chi connectivity index (χ0) is 29.4. The van der Waals surface area contributed by atoms with E-state index in [0.717, 1.165) is 31.7 Å². The Morgan fingerprint density at radius 2 is 1.92 bits per heavy atom. The third-order valence-electron chi connectivity index (χ3n) is 7.08. The summed E-state index contributed by atoms with van der Waals surface area (Å²) in [6.45, 7) is 16.0. The number of amidine groups is 1. The second-order valence-corrected chi connectivity index (χ2v) is 10.00. The topological polar surface area (TPSA) is 77.0 Å². The van der Waals surface area contributed by atoms with Gasteiger partial charge in [0.2, 0.25) is 0 Å². The number of hydrogen-bond donors (Lipinski definition) is 3. The minimum Gasteiger partial charge on any atom is -0.478 e. The fraction of sp³-hybridized carbons (Fsp3) is 0.533. The largest absolute Gasteiger partial charge is 0.478 e. The normalized spacial score (nSPS) is 20.1. The molecular formula is C30H43F3N4O2. The molecule has 0 aromatic carbocycles. The van der Waals surface area contributed by atoms with Gasteiger partial charge in [-0.3, -0.25) is 0 Å². The van der Waals surface area contributed by atoms with Gasteiger partial charge in [-0.05, 0) is 57.9 Å². The molecule has 2 atom stereocenters. The lowest BCUT2D eigenvalue weighted by atomic mass is 9.96. The monoisotopic (exact) mass is 548 g/mol. The first-order valence-electron chi connectivity index (χ1n) is 13.8. The third-order valence-corrected chi connectivity index (χ3v) is 7.08. The maximum Gasteiger partial charge on any atom is 0.417 e. The summed E-state index contributed by atoms with van der Waals surface area (Å²) in [4.78, 5) is 17.8. The van der Waals surface area contributed by atoms with Crippen LogP contribution in [0.5, 0.6) is 0 Å². The number of hydrogen-bond acceptors (Lipinski definition) is 5. The van der Waals surface area contributed by atoms with Gasteiger partial charge in [0.25, 0.3) is 0 Å². The molecule has 1 aliphatic carbocycles. The van der Waals surface area contributed by atoms with E-state index in [1.807, 2.05) is 13.8 Å². The Morgan fingerprint density at radius 3 is 2.46 bits per heavy atom. The number of alkyl halides is 3. The molecule has 0 aromatic heterocycles. The zero-order valence-corrected chi connectivity index (χ0v) is 24.0. The Kier molecular flexibility index (Phi) is 11.4. The Hall–Kier alpha value is -3.07. The maximum atomic E-state index is 13.8. The Balaban J connectivity index is 0.00000260. The van der Waals surface area contributed by atoms with Crippen molar-refractivity contribution in [3.63, 3.8) is 0 Å². The fourth-order valence-electron chi connectivity index (χ4n) is 4.83. The highest BCUT2D eigenvalue weighted by molar-refractivity contribution is 6.04. The van der Waals surface area contributed by atoms with Gasteiger partial charge in [-0.1, -0.05) is 52.0 Å². The summed E-state index contributed by atoms with van der Waals surface area (Å²) in [5, 5.41) is 16.1. The van der Waals surface area contributed by atoms with Crippen molar-refractivity contribution in [1.82, 2.24) is 15.5 Å². The van der Waals surface area contributed by atoms with E-state index in [9.17, 15) is 23.1 Å². The first-order chi connectivity index (χ1) is 18.4. The van der Waals surface area contributed by atoms with E-state index in [4.69, 9.17) is 0 Å². The zero-order valence-electron chi connectivity index (χ0n) is 24.0. The average Bonchev–Trinajstić information content (AvgIpc) is 3.63. The third kappa shape index (κ3) is 8.46. The van der Waals surface area contributed by atoms with Crippen LogP contribution in [0.3, 0.4) is 0 Å². The quantitative estimate of drug-likeness (QED) is 0.181. The molecule has 2 aliphatic heterocycles. The summed E-state index contributed by atoms with van der Waals surface area (Å²) < 4.78 is 41.3. The lowest BCUT2D eigenvalue weighted by Gasteiger charge is -2.35. The van der Waals surface area contributed by atoms with Crippen LogP contribution in [0.1, 0.15) is 73.6 Å². The van der Waals surface area contributed by atoms with Gasteiger partial charge in [0.05, 0.1) is 11.1 Å². The minimum atomic E-state index is -4.57. The molecule has 3 N–H and O–H groups in total. The van der Waals surface area contributed by atoms with Crippen LogP contribution in [-0.4, -0.2) is 46.6 Å². The first kappa shape index (κ1) is 32.1. The second kappa shape index (κ2) is 13.8. The molecule has 0 aromatic rings. The van der Waals surface area contributed by atoms with Gasteiger partial charge in [0.1, 0.15) is 11.7 Å². The van der Waals surface area contributed by atoms with Crippen LogP contribution in [-0.2, 0) is 4.79 Å². The van der Waals surface area contributed by atoms with E-state index in [2.05, 4.69) is 29.1 Å². The Bertz CT molecular complexity index is 1090. The number of fused-ring (bicyclic) bond motifs is 1. The molecule has 3 rings (SSSR count). The van der Waals surface area contributed by atoms with Crippen molar-refractivity contribution in [2.45, 2.75) is 91.9 Å². The number of aliphatic carboxylic acids is 1. The lowest BCUT2D eigenvalue weighted by molar-refractivity contribution is -0.133. The highest BCUT2D eigenvalue weighted by Gasteiger charge is 2.41. The number of nitrogens with zero attached hydrogens (tertiary/aromatic N) is 2. The number of carbonyl (C=O) groups is 1. The van der Waals surface area contributed by atoms with E-state index in [1.165, 1.54) is 30.2 Å². The number of rotatable bonds is 12. The molecule has 39 heavy (non-hydrogen) atoms. The number of halogens is 3. The molecule has 0 spiro atoms. The van der Waals surface area contributed by atoms with Crippen LogP contribution in [0.15, 0.2) is 76.4 Å². The predicted octanol–water partition coefficient (Wildman–Crippen LogP) is 6.98. The lowest BCUT2D eigenvalue weighted by Crippen LogP contribution is -2.45. The average molecular weight is 549 g/mol. The van der Waals surface area contributed by atoms with Crippen LogP contribution in [0.2, 0.25) is 0 Å². The van der Waals surface area contributed by atoms with Gasteiger partial charge < -0.3 is 20.6 Å². The van der Waals surface area contributed by atoms with Crippen molar-refractivity contribution in [1.29, 1.82) is 0 Å². The summed E-state index contributed by atoms with van der Waals surface area (Å²) in [7, 11) is 0. The first-order valence-corrected chi connectivity index (χ1v) is 13.8. The Morgan fingerprint density at radius 1 is 1.26 bits per heavy atom. The number of allylic oxidation sites excluding steroid dienone is 6. The SMILES string of the molecule is C=C1C=C(NCCC2(CCC)CC2)N=C2C(C(C)NC(C)/C(=C\C=C/C)C(=O)O)=CC(C(F)(F)F)=CN12.CC. The van der Waals surface area contributed by atoms with Crippen molar-refractivity contribution in [3.8, 4) is 0 Å². The van der Waals surface area contributed by atoms with E-state index in [0.29, 0.717) is 28.3 Å². The van der Waals surface area contributed by atoms with E-state index in [-0.39, 0.29) is 5.57 Å². The molecule has 2 unspecified atom stereocenters. The molecule has 0 saturated heterocycles. The smallest absolute Gasteiger partial charge is 0.417 e. The molecule has 3 aliphatic rings. The molecule has 0 amide bonds. The maximum absolute atomic E-state index is 13.8. The standard InChI is InChI=1S/C28H37F3N4O2.C2H6/c1-6-8-9-22(26(36)37)19(4)33-20(5)23-16-21(28(29,30)31)17-35-18(3)15-24(34-25(23)35)32-14-13-27(10-7-2)11-12-27;1-2/h6,8-9,15-17,19-20,32-33H,3,7,10-14H2,1-2,4-5H3,(H,36,37);1-2H3/b8-6-,22-9+;. The van der Waals surface area contributed by atoms with Crippen LogP contribution in [0.25, 0.3) is 0 Å². The van der Waals surface area contributed by atoms with E-state index < -0.39 is 29.8 Å². The van der Waals surface area contributed by atoms with Crippen molar-refractivity contribution in [2.24, 2.45) is 10.4 Å². The molecule has 2 heterocycles. The highest BCUT2D eigenvalue weighted by Crippen LogP contribution is 2.52. The van der Waals surface area contributed by atoms with Gasteiger partial charge in [-0.25, -0.2) is 9.79 Å². The molecule has 1 saturated carbocycles. The molecular weight excluding hydrogens is 505 g/mol. The van der Waals surface area contributed by atoms with Gasteiger partial charge in [0, 0.05) is 42.2 Å². The molecule has 216 valence electrons. The second-order valence-electron chi connectivity index (χ2n) is 10.00. The van der Waals surface area contributed by atoms with Crippen LogP contribution < -0.4 is 10.6 Å². The summed E-state index contributed by atoms with van der Waals surface area (Å²) in [6, 6.07) is -1.27. The Labute approximate surface area is 230 Å². The summed E-state index contributed by atoms with van der Waals surface area (Å²) >= 11 is 0. The number of carboxylic acid groups (broad SMARTS) is 1. The molecule has 0 radical (unpaired) electrons. The van der Waals surface area contributed by atoms with Crippen molar-refractivity contribution in [3.05, 3.63) is 71.4 Å². The molecule has 1 fully saturated rings. The van der Waals surface area contributed by atoms with E-state index in [1.54, 1.807) is 39.0 Å². The summed E-state index contributed by atoms with van der Waals surface area (Å²) in [5.41, 5.74) is 0.351. The number of aliphatic imine (C=N–C) groups is 1. The van der Waals surface area contributed by atoms with Crippen molar-refractivity contribution in [2.75, 3.05) is 6.54 Å². The van der Waals surface area contributed by atoms with Gasteiger partial charge >= 0.3 is 12.1 Å². The van der Waals surface area contributed by atoms with E-state index >= 15 is 0 Å². The summed E-state index contributed by atoms with van der Waals surface area (Å²) in [6.07, 6.45) is 9.79. The fourth-order valence-corrected chi connectivity index (χ4v) is 4.83. The highest BCUT2D eigenvalue weighted by atomic mass is 19.4. The van der Waals surface area contributed by atoms with Crippen molar-refractivity contribution >= 4 is 11.8 Å².